The number of hydrogen-bond donors (Lipinski definition) is 4. The van der Waals surface area contributed by atoms with E-state index in [0.717, 1.165) is 55.9 Å². The van der Waals surface area contributed by atoms with Crippen molar-refractivity contribution in [2.45, 2.75) is 63.6 Å². The molecule has 3 atom stereocenters. The van der Waals surface area contributed by atoms with E-state index < -0.39 is 46.9 Å². The van der Waals surface area contributed by atoms with Gasteiger partial charge < -0.3 is 15.1 Å². The van der Waals surface area contributed by atoms with Crippen LogP contribution in [0.4, 0.5) is 14.5 Å². The standard InChI is InChI=1S/C25H34F2N4O4S/c1-17-7-5-6-10-22(17)24(25(33)29-20-8-3-2-4-9-20)31(21-14-18(26)13-19(27)15-21)23(32)16-28-36(34,35)30-11-12-30/h5-7,10,13-15,20,23-25,28-29,32-33H,2-4,8-9,11-12,16H2,1H3/t23?,24-,25?/m1/s1. The lowest BCUT2D eigenvalue weighted by Crippen LogP contribution is -2.54. The topological polar surface area (TPSA) is 105 Å². The van der Waals surface area contributed by atoms with Gasteiger partial charge in [0.15, 0.2) is 0 Å². The Balaban J connectivity index is 1.73. The minimum atomic E-state index is -3.79. The van der Waals surface area contributed by atoms with Crippen LogP contribution in [0.25, 0.3) is 0 Å². The van der Waals surface area contributed by atoms with Crippen molar-refractivity contribution in [2.24, 2.45) is 0 Å². The van der Waals surface area contributed by atoms with Crippen LogP contribution in [0, 0.1) is 18.6 Å². The summed E-state index contributed by atoms with van der Waals surface area (Å²) in [5.41, 5.74) is 1.40. The fourth-order valence-corrected chi connectivity index (χ4v) is 5.95. The monoisotopic (exact) mass is 524 g/mol. The molecule has 2 aliphatic rings. The first-order chi connectivity index (χ1) is 17.2. The van der Waals surface area contributed by atoms with Crippen LogP contribution in [0.15, 0.2) is 42.5 Å². The first kappa shape index (κ1) is 26.9. The van der Waals surface area contributed by atoms with Gasteiger partial charge in [-0.3, -0.25) is 5.32 Å². The number of nitrogens with one attached hydrogen (secondary N) is 2. The van der Waals surface area contributed by atoms with E-state index in [1.165, 1.54) is 9.21 Å². The lowest BCUT2D eigenvalue weighted by molar-refractivity contribution is 0.0607. The van der Waals surface area contributed by atoms with E-state index in [1.807, 2.05) is 19.1 Å². The molecule has 4 rings (SSSR count). The number of aryl methyl sites for hydroxylation is 1. The van der Waals surface area contributed by atoms with E-state index in [-0.39, 0.29) is 11.7 Å². The van der Waals surface area contributed by atoms with Gasteiger partial charge in [0.2, 0.25) is 0 Å². The average Bonchev–Trinajstić information content (AvgIpc) is 3.68. The Bertz CT molecular complexity index is 1120. The van der Waals surface area contributed by atoms with Crippen LogP contribution >= 0.6 is 0 Å². The van der Waals surface area contributed by atoms with Crippen LogP contribution in [0.1, 0.15) is 49.3 Å². The number of benzene rings is 2. The predicted molar refractivity (Wildman–Crippen MR) is 133 cm³/mol. The maximum absolute atomic E-state index is 14.3. The highest BCUT2D eigenvalue weighted by molar-refractivity contribution is 7.87. The molecule has 1 aliphatic heterocycles. The molecular weight excluding hydrogens is 490 g/mol. The summed E-state index contributed by atoms with van der Waals surface area (Å²) in [6.07, 6.45) is 2.17. The Morgan fingerprint density at radius 1 is 1.06 bits per heavy atom. The number of anilines is 1. The van der Waals surface area contributed by atoms with Crippen molar-refractivity contribution in [3.8, 4) is 0 Å². The number of halogens is 2. The second kappa shape index (κ2) is 11.5. The highest BCUT2D eigenvalue weighted by atomic mass is 32.2. The molecule has 2 aromatic rings. The summed E-state index contributed by atoms with van der Waals surface area (Å²) in [7, 11) is -3.79. The molecule has 2 unspecified atom stereocenters. The molecule has 0 spiro atoms. The van der Waals surface area contributed by atoms with Crippen molar-refractivity contribution in [1.29, 1.82) is 0 Å². The zero-order valence-corrected chi connectivity index (χ0v) is 21.1. The summed E-state index contributed by atoms with van der Waals surface area (Å²) >= 11 is 0. The van der Waals surface area contributed by atoms with E-state index in [1.54, 1.807) is 12.1 Å². The van der Waals surface area contributed by atoms with Crippen molar-refractivity contribution in [2.75, 3.05) is 24.5 Å². The largest absolute Gasteiger partial charge is 0.376 e. The first-order valence-corrected chi connectivity index (χ1v) is 13.8. The molecule has 0 bridgehead atoms. The minimum Gasteiger partial charge on any atom is -0.376 e. The second-order valence-corrected chi connectivity index (χ2v) is 11.3. The number of hydrogen-bond acceptors (Lipinski definition) is 6. The fourth-order valence-electron chi connectivity index (χ4n) is 4.85. The molecule has 2 fully saturated rings. The zero-order chi connectivity index (χ0) is 25.9. The lowest BCUT2D eigenvalue weighted by atomic mass is 9.93. The molecule has 0 radical (unpaired) electrons. The van der Waals surface area contributed by atoms with Crippen molar-refractivity contribution in [3.63, 3.8) is 0 Å². The molecule has 0 aromatic heterocycles. The number of nitrogens with zero attached hydrogens (tertiary/aromatic N) is 2. The zero-order valence-electron chi connectivity index (χ0n) is 20.3. The highest BCUT2D eigenvalue weighted by Crippen LogP contribution is 2.34. The van der Waals surface area contributed by atoms with Crippen molar-refractivity contribution in [3.05, 3.63) is 65.2 Å². The molecule has 8 nitrogen and oxygen atoms in total. The summed E-state index contributed by atoms with van der Waals surface area (Å²) in [5, 5.41) is 26.0. The summed E-state index contributed by atoms with van der Waals surface area (Å²) in [6.45, 7) is 2.17. The average molecular weight is 525 g/mol. The van der Waals surface area contributed by atoms with E-state index >= 15 is 0 Å². The Labute approximate surface area is 211 Å². The van der Waals surface area contributed by atoms with Gasteiger partial charge in [0.1, 0.15) is 24.1 Å². The third kappa shape index (κ3) is 6.58. The molecular formula is C25H34F2N4O4S. The third-order valence-electron chi connectivity index (χ3n) is 6.78. The molecule has 11 heteroatoms. The SMILES string of the molecule is Cc1ccccc1[C@H](C(O)NC1CCCCC1)N(c1cc(F)cc(F)c1)C(O)CNS(=O)(=O)N1CC1. The third-order valence-corrected chi connectivity index (χ3v) is 8.35. The first-order valence-electron chi connectivity index (χ1n) is 12.3. The highest BCUT2D eigenvalue weighted by Gasteiger charge is 2.37. The van der Waals surface area contributed by atoms with E-state index in [9.17, 15) is 27.4 Å². The van der Waals surface area contributed by atoms with E-state index in [0.29, 0.717) is 18.7 Å². The van der Waals surface area contributed by atoms with Crippen molar-refractivity contribution >= 4 is 15.9 Å². The lowest BCUT2D eigenvalue weighted by Gasteiger charge is -2.42. The second-order valence-electron chi connectivity index (χ2n) is 9.52. The Hall–Kier alpha value is -2.15. The molecule has 0 amide bonds. The molecule has 1 saturated heterocycles. The molecule has 1 aliphatic carbocycles. The van der Waals surface area contributed by atoms with Gasteiger partial charge in [-0.1, -0.05) is 43.5 Å². The van der Waals surface area contributed by atoms with E-state index in [2.05, 4.69) is 10.0 Å². The minimum absolute atomic E-state index is 0.0244. The molecule has 198 valence electrons. The summed E-state index contributed by atoms with van der Waals surface area (Å²) in [4.78, 5) is 1.28. The quantitative estimate of drug-likeness (QED) is 0.266. The van der Waals surface area contributed by atoms with Crippen LogP contribution in [-0.4, -0.2) is 61.1 Å². The molecule has 2 aromatic carbocycles. The van der Waals surface area contributed by atoms with Crippen molar-refractivity contribution < 1.29 is 27.4 Å². The van der Waals surface area contributed by atoms with Gasteiger partial charge in [-0.05, 0) is 43.0 Å². The van der Waals surface area contributed by atoms with Gasteiger partial charge in [0, 0.05) is 30.9 Å². The molecule has 1 saturated carbocycles. The van der Waals surface area contributed by atoms with Crippen molar-refractivity contribution in [1.82, 2.24) is 14.3 Å². The predicted octanol–water partition coefficient (Wildman–Crippen LogP) is 2.53. The fraction of sp³-hybridized carbons (Fsp3) is 0.520. The van der Waals surface area contributed by atoms with Gasteiger partial charge in [-0.25, -0.2) is 8.78 Å². The molecule has 1 heterocycles. The van der Waals surface area contributed by atoms with Gasteiger partial charge in [-0.2, -0.15) is 17.4 Å². The Morgan fingerprint density at radius 2 is 1.69 bits per heavy atom. The maximum Gasteiger partial charge on any atom is 0.279 e. The van der Waals surface area contributed by atoms with Crippen LogP contribution in [0.3, 0.4) is 0 Å². The number of rotatable bonds is 11. The van der Waals surface area contributed by atoms with Gasteiger partial charge in [0.05, 0.1) is 12.6 Å². The molecule has 4 N–H and O–H groups in total. The number of aliphatic hydroxyl groups excluding tert-OH is 2. The summed E-state index contributed by atoms with van der Waals surface area (Å²) in [6, 6.07) is 9.14. The summed E-state index contributed by atoms with van der Waals surface area (Å²) in [5.74, 6) is -1.71. The van der Waals surface area contributed by atoms with Crippen LogP contribution in [0.2, 0.25) is 0 Å². The van der Waals surface area contributed by atoms with Crippen LogP contribution in [0.5, 0.6) is 0 Å². The normalized spacial score (nSPS) is 19.6. The number of aliphatic hydroxyl groups is 2. The van der Waals surface area contributed by atoms with Gasteiger partial charge >= 0.3 is 0 Å². The Kier molecular flexibility index (Phi) is 8.59. The molecule has 36 heavy (non-hydrogen) atoms. The van der Waals surface area contributed by atoms with E-state index in [4.69, 9.17) is 0 Å². The Morgan fingerprint density at radius 3 is 2.31 bits per heavy atom. The smallest absolute Gasteiger partial charge is 0.279 e. The van der Waals surface area contributed by atoms with Gasteiger partial charge in [0.25, 0.3) is 10.2 Å². The van der Waals surface area contributed by atoms with Gasteiger partial charge in [-0.15, -0.1) is 0 Å². The van der Waals surface area contributed by atoms with Crippen LogP contribution < -0.4 is 14.9 Å². The van der Waals surface area contributed by atoms with Crippen LogP contribution in [-0.2, 0) is 10.2 Å². The summed E-state index contributed by atoms with van der Waals surface area (Å²) < 4.78 is 56.9. The maximum atomic E-state index is 14.3.